The molecule has 0 bridgehead atoms. The molecule has 4 N–H and O–H groups in total. The Morgan fingerprint density at radius 3 is 1.70 bits per heavy atom. The van der Waals surface area contributed by atoms with Crippen molar-refractivity contribution in [3.8, 4) is 0 Å². The fourth-order valence-corrected chi connectivity index (χ4v) is 5.34. The first-order valence-corrected chi connectivity index (χ1v) is 16.3. The van der Waals surface area contributed by atoms with Crippen LogP contribution in [0.1, 0.15) is 22.3 Å². The molecule has 0 saturated carbocycles. The van der Waals surface area contributed by atoms with Gasteiger partial charge in [-0.05, 0) is 134 Å². The molecule has 8 nitrogen and oxygen atoms in total. The lowest BCUT2D eigenvalue weighted by Gasteiger charge is -2.06. The van der Waals surface area contributed by atoms with E-state index in [1.165, 1.54) is 22.6 Å². The number of nitro groups is 1. The number of benzene rings is 4. The molecule has 2 heterocycles. The highest BCUT2D eigenvalue weighted by atomic mass is 79.9. The molecule has 0 atom stereocenters. The molecule has 0 aliphatic carbocycles. The van der Waals surface area contributed by atoms with Gasteiger partial charge in [0.2, 0.25) is 0 Å². The molecule has 0 fully saturated rings. The topological polar surface area (TPSA) is 135 Å². The van der Waals surface area contributed by atoms with Crippen molar-refractivity contribution in [1.82, 2.24) is 9.97 Å². The molecule has 0 unspecified atom stereocenters. The maximum atomic E-state index is 10.3. The summed E-state index contributed by atoms with van der Waals surface area (Å²) in [5, 5.41) is 30.8. The first-order chi connectivity index (χ1) is 21.8. The van der Waals surface area contributed by atoms with E-state index in [9.17, 15) is 10.1 Å². The molecule has 6 aromatic rings. The van der Waals surface area contributed by atoms with Gasteiger partial charge in [-0.3, -0.25) is 20.1 Å². The first kappa shape index (κ1) is 36.8. The van der Waals surface area contributed by atoms with Crippen molar-refractivity contribution >= 4 is 93.6 Å². The Morgan fingerprint density at radius 2 is 1.20 bits per heavy atom. The van der Waals surface area contributed by atoms with Crippen molar-refractivity contribution in [2.24, 2.45) is 0 Å². The van der Waals surface area contributed by atoms with E-state index in [2.05, 4.69) is 76.8 Å². The van der Waals surface area contributed by atoms with Gasteiger partial charge in [0.05, 0.1) is 20.4 Å². The van der Waals surface area contributed by atoms with E-state index in [0.29, 0.717) is 15.5 Å². The summed E-state index contributed by atoms with van der Waals surface area (Å²) in [6, 6.07) is 26.4. The average molecular weight is 811 g/mol. The van der Waals surface area contributed by atoms with Crippen molar-refractivity contribution in [2.75, 3.05) is 5.73 Å². The van der Waals surface area contributed by atoms with Gasteiger partial charge in [-0.1, -0.05) is 42.5 Å². The van der Waals surface area contributed by atoms with E-state index in [4.69, 9.17) is 15.8 Å². The summed E-state index contributed by atoms with van der Waals surface area (Å²) in [6.45, 7) is 7.90. The number of fused-ring (bicyclic) bond motifs is 2. The zero-order valence-corrected chi connectivity index (χ0v) is 30.3. The van der Waals surface area contributed by atoms with Gasteiger partial charge in [0.1, 0.15) is 0 Å². The highest BCUT2D eigenvalue weighted by Crippen LogP contribution is 2.25. The number of nitrogens with zero attached hydrogens (tertiary/aromatic N) is 3. The van der Waals surface area contributed by atoms with E-state index >= 15 is 0 Å². The summed E-state index contributed by atoms with van der Waals surface area (Å²) in [5.74, 6) is 0. The third-order valence-corrected chi connectivity index (χ3v) is 8.72. The predicted octanol–water partition coefficient (Wildman–Crippen LogP) is 8.53. The maximum Gasteiger partial charge on any atom is 0.490 e. The van der Waals surface area contributed by atoms with Gasteiger partial charge in [0, 0.05) is 49.3 Å². The maximum absolute atomic E-state index is 10.3. The predicted molar refractivity (Wildman–Crippen MR) is 199 cm³/mol. The number of halogens is 3. The van der Waals surface area contributed by atoms with Crippen LogP contribution in [-0.2, 0) is 0 Å². The number of anilines is 1. The van der Waals surface area contributed by atoms with Crippen LogP contribution in [0.2, 0.25) is 0 Å². The highest BCUT2D eigenvalue weighted by Gasteiger charge is 2.15. The second-order valence-corrected chi connectivity index (χ2v) is 12.8. The van der Waals surface area contributed by atoms with Gasteiger partial charge in [-0.2, -0.15) is 0 Å². The molecule has 0 spiro atoms. The molecule has 4 aromatic carbocycles. The fourth-order valence-electron chi connectivity index (χ4n) is 4.25. The molecular formula is C34H32BBr3N4O4. The summed E-state index contributed by atoms with van der Waals surface area (Å²) in [7, 11) is -1.46. The number of hydrogen-bond acceptors (Lipinski definition) is 7. The van der Waals surface area contributed by atoms with E-state index in [-0.39, 0.29) is 5.69 Å². The van der Waals surface area contributed by atoms with Gasteiger partial charge >= 0.3 is 7.12 Å². The van der Waals surface area contributed by atoms with Crippen LogP contribution >= 0.6 is 47.8 Å². The first-order valence-electron chi connectivity index (χ1n) is 13.9. The Balaban J connectivity index is 0.000000169. The lowest BCUT2D eigenvalue weighted by atomic mass is 9.78. The highest BCUT2D eigenvalue weighted by molar-refractivity contribution is 9.11. The molecule has 0 amide bonds. The van der Waals surface area contributed by atoms with Crippen LogP contribution in [0, 0.1) is 37.8 Å². The van der Waals surface area contributed by atoms with E-state index < -0.39 is 12.0 Å². The molecule has 46 heavy (non-hydrogen) atoms. The smallest absolute Gasteiger partial charge is 0.423 e. The summed E-state index contributed by atoms with van der Waals surface area (Å²) in [6.07, 6.45) is 3.46. The molecule has 0 saturated heterocycles. The molecule has 236 valence electrons. The van der Waals surface area contributed by atoms with Crippen LogP contribution in [0.4, 0.5) is 11.4 Å². The molecule has 2 aromatic heterocycles. The van der Waals surface area contributed by atoms with Gasteiger partial charge in [0.15, 0.2) is 0 Å². The Bertz CT molecular complexity index is 1940. The number of hydrogen-bond donors (Lipinski definition) is 3. The Hall–Kier alpha value is -3.68. The summed E-state index contributed by atoms with van der Waals surface area (Å²) in [4.78, 5) is 18.4. The number of nitrogens with two attached hydrogens (primary N) is 1. The number of nitro benzene ring substituents is 1. The normalized spacial score (nSPS) is 10.1. The van der Waals surface area contributed by atoms with Crippen LogP contribution in [0.15, 0.2) is 111 Å². The molecular weight excluding hydrogens is 779 g/mol. The standard InChI is InChI=1S/C10H10BNO2.C10H8BrN.C7H6BrNO2.C7H8BrN/c1-7-4-5-9(11(13)14)10-8(7)3-2-6-12-10;1-7-4-5-9(11)10-8(7)3-2-6-12-10;1-5-2-3-6(8)7(4-5)9(10)11;1-5-2-3-6(8)7(9)4-5/h2-6,13-14H,1H3;2-6H,1H3;2-4H,1H3;2-4H,9H2,1H3. The van der Waals surface area contributed by atoms with Gasteiger partial charge < -0.3 is 15.8 Å². The largest absolute Gasteiger partial charge is 0.490 e. The van der Waals surface area contributed by atoms with E-state index in [1.807, 2.05) is 81.6 Å². The molecule has 0 aliphatic heterocycles. The van der Waals surface area contributed by atoms with Crippen molar-refractivity contribution < 1.29 is 15.0 Å². The average Bonchev–Trinajstić information content (AvgIpc) is 3.03. The van der Waals surface area contributed by atoms with Crippen molar-refractivity contribution in [2.45, 2.75) is 27.7 Å². The monoisotopic (exact) mass is 808 g/mol. The van der Waals surface area contributed by atoms with Gasteiger partial charge in [-0.15, -0.1) is 0 Å². The van der Waals surface area contributed by atoms with E-state index in [0.717, 1.165) is 36.7 Å². The molecule has 0 aliphatic rings. The molecule has 6 rings (SSSR count). The molecule has 12 heteroatoms. The van der Waals surface area contributed by atoms with Crippen molar-refractivity contribution in [3.05, 3.63) is 143 Å². The summed E-state index contributed by atoms with van der Waals surface area (Å²) in [5.41, 5.74) is 13.1. The lowest BCUT2D eigenvalue weighted by Crippen LogP contribution is -2.31. The van der Waals surface area contributed by atoms with Gasteiger partial charge in [-0.25, -0.2) is 0 Å². The van der Waals surface area contributed by atoms with E-state index in [1.54, 1.807) is 18.3 Å². The summed E-state index contributed by atoms with van der Waals surface area (Å²) < 4.78 is 2.55. The number of aryl methyl sites for hydroxylation is 4. The molecule has 0 radical (unpaired) electrons. The third-order valence-electron chi connectivity index (χ3n) is 6.69. The Morgan fingerprint density at radius 1 is 0.696 bits per heavy atom. The van der Waals surface area contributed by atoms with Gasteiger partial charge in [0.25, 0.3) is 5.69 Å². The Kier molecular flexibility index (Phi) is 13.8. The lowest BCUT2D eigenvalue weighted by molar-refractivity contribution is -0.385. The van der Waals surface area contributed by atoms with Crippen LogP contribution in [0.5, 0.6) is 0 Å². The van der Waals surface area contributed by atoms with Crippen molar-refractivity contribution in [1.29, 1.82) is 0 Å². The Labute approximate surface area is 293 Å². The van der Waals surface area contributed by atoms with Crippen LogP contribution < -0.4 is 11.2 Å². The second-order valence-electron chi connectivity index (χ2n) is 10.2. The zero-order valence-electron chi connectivity index (χ0n) is 25.6. The number of rotatable bonds is 2. The number of pyridine rings is 2. The summed E-state index contributed by atoms with van der Waals surface area (Å²) >= 11 is 9.86. The van der Waals surface area contributed by atoms with Crippen LogP contribution in [0.25, 0.3) is 21.8 Å². The second kappa shape index (κ2) is 17.3. The van der Waals surface area contributed by atoms with Crippen molar-refractivity contribution in [3.63, 3.8) is 0 Å². The minimum Gasteiger partial charge on any atom is -0.423 e. The minimum atomic E-state index is -1.46. The van der Waals surface area contributed by atoms with Crippen LogP contribution in [-0.4, -0.2) is 32.1 Å². The minimum absolute atomic E-state index is 0.116. The third kappa shape index (κ3) is 10.2. The SMILES string of the molecule is Cc1ccc(B(O)O)c2ncccc12.Cc1ccc(Br)c(N)c1.Cc1ccc(Br)c([N+](=O)[O-])c1.Cc1ccc(Br)c2ncccc12. The van der Waals surface area contributed by atoms with Crippen LogP contribution in [0.3, 0.4) is 0 Å². The quantitative estimate of drug-likeness (QED) is 0.0691. The number of aromatic nitrogens is 2. The zero-order chi connectivity index (χ0) is 34.0. The fraction of sp³-hybridized carbons (Fsp3) is 0.118. The number of nitrogen functional groups attached to an aromatic ring is 1.